The summed E-state index contributed by atoms with van der Waals surface area (Å²) < 4.78 is 5.26. The van der Waals surface area contributed by atoms with Crippen LogP contribution in [0.1, 0.15) is 10.4 Å². The van der Waals surface area contributed by atoms with E-state index in [-0.39, 0.29) is 30.7 Å². The molecule has 0 atom stereocenters. The Balaban J connectivity index is 0.00000128. The van der Waals surface area contributed by atoms with E-state index in [0.717, 1.165) is 18.8 Å². The molecule has 1 heterocycles. The first-order valence-electron chi connectivity index (χ1n) is 5.00. The standard InChI is InChI=1S/C11H14N2O2.2ClH/c12-11(14)9-3-1-2-4-10(9)13-5-7-15-8-6-13;;/h1-4H,5-8H2,(H2,12,14);2*1H. The highest BCUT2D eigenvalue weighted by atomic mass is 35.5. The lowest BCUT2D eigenvalue weighted by Gasteiger charge is -2.29. The van der Waals surface area contributed by atoms with E-state index in [1.54, 1.807) is 6.07 Å². The second-order valence-electron chi connectivity index (χ2n) is 3.48. The first-order valence-corrected chi connectivity index (χ1v) is 5.00. The average Bonchev–Trinajstić information content (AvgIpc) is 2.30. The summed E-state index contributed by atoms with van der Waals surface area (Å²) in [6.07, 6.45) is 0. The Morgan fingerprint density at radius 2 is 1.76 bits per heavy atom. The third kappa shape index (κ3) is 3.77. The minimum absolute atomic E-state index is 0. The fourth-order valence-corrected chi connectivity index (χ4v) is 1.76. The van der Waals surface area contributed by atoms with E-state index in [9.17, 15) is 4.79 Å². The molecule has 1 aromatic rings. The Morgan fingerprint density at radius 3 is 2.35 bits per heavy atom. The SMILES string of the molecule is Cl.Cl.NC(=O)c1ccccc1N1CCOCC1. The summed E-state index contributed by atoms with van der Waals surface area (Å²) in [5.41, 5.74) is 6.82. The van der Waals surface area contributed by atoms with Crippen LogP contribution in [0.5, 0.6) is 0 Å². The van der Waals surface area contributed by atoms with Crippen molar-refractivity contribution < 1.29 is 9.53 Å². The Bertz CT molecular complexity index is 368. The van der Waals surface area contributed by atoms with Gasteiger partial charge < -0.3 is 15.4 Å². The molecule has 1 aliphatic heterocycles. The van der Waals surface area contributed by atoms with E-state index < -0.39 is 0 Å². The van der Waals surface area contributed by atoms with Gasteiger partial charge in [-0.25, -0.2) is 0 Å². The lowest BCUT2D eigenvalue weighted by atomic mass is 10.1. The summed E-state index contributed by atoms with van der Waals surface area (Å²) in [4.78, 5) is 13.4. The van der Waals surface area contributed by atoms with Gasteiger partial charge in [-0.2, -0.15) is 0 Å². The number of halogens is 2. The maximum Gasteiger partial charge on any atom is 0.250 e. The van der Waals surface area contributed by atoms with Crippen molar-refractivity contribution in [3.05, 3.63) is 29.8 Å². The van der Waals surface area contributed by atoms with Crippen molar-refractivity contribution in [2.24, 2.45) is 5.73 Å². The highest BCUT2D eigenvalue weighted by molar-refractivity contribution is 5.98. The van der Waals surface area contributed by atoms with Crippen LogP contribution in [-0.4, -0.2) is 32.2 Å². The van der Waals surface area contributed by atoms with Gasteiger partial charge in [0.2, 0.25) is 0 Å². The Morgan fingerprint density at radius 1 is 1.18 bits per heavy atom. The fourth-order valence-electron chi connectivity index (χ4n) is 1.76. The molecule has 0 radical (unpaired) electrons. The molecule has 2 rings (SSSR count). The van der Waals surface area contributed by atoms with Crippen molar-refractivity contribution in [2.75, 3.05) is 31.2 Å². The Labute approximate surface area is 113 Å². The third-order valence-corrected chi connectivity index (χ3v) is 2.52. The summed E-state index contributed by atoms with van der Waals surface area (Å²) in [7, 11) is 0. The maximum atomic E-state index is 11.2. The number of morpholine rings is 1. The van der Waals surface area contributed by atoms with Gasteiger partial charge >= 0.3 is 0 Å². The van der Waals surface area contributed by atoms with E-state index in [1.165, 1.54) is 0 Å². The van der Waals surface area contributed by atoms with Crippen molar-refractivity contribution in [1.29, 1.82) is 0 Å². The van der Waals surface area contributed by atoms with Crippen LogP contribution in [0, 0.1) is 0 Å². The summed E-state index contributed by atoms with van der Waals surface area (Å²) in [6, 6.07) is 7.42. The normalized spacial score (nSPS) is 14.5. The summed E-state index contributed by atoms with van der Waals surface area (Å²) in [5, 5.41) is 0. The molecule has 0 aliphatic carbocycles. The number of para-hydroxylation sites is 1. The van der Waals surface area contributed by atoms with Crippen molar-refractivity contribution in [2.45, 2.75) is 0 Å². The third-order valence-electron chi connectivity index (χ3n) is 2.52. The molecule has 0 unspecified atom stereocenters. The zero-order valence-electron chi connectivity index (χ0n) is 9.30. The number of nitrogens with zero attached hydrogens (tertiary/aromatic N) is 1. The molecule has 96 valence electrons. The van der Waals surface area contributed by atoms with Gasteiger partial charge in [0.15, 0.2) is 0 Å². The quantitative estimate of drug-likeness (QED) is 0.891. The van der Waals surface area contributed by atoms with Crippen LogP contribution >= 0.6 is 24.8 Å². The minimum atomic E-state index is -0.378. The largest absolute Gasteiger partial charge is 0.378 e. The summed E-state index contributed by atoms with van der Waals surface area (Å²) >= 11 is 0. The van der Waals surface area contributed by atoms with Crippen LogP contribution in [0.4, 0.5) is 5.69 Å². The zero-order chi connectivity index (χ0) is 10.7. The lowest BCUT2D eigenvalue weighted by Crippen LogP contribution is -2.37. The van der Waals surface area contributed by atoms with E-state index in [4.69, 9.17) is 10.5 Å². The molecule has 4 nitrogen and oxygen atoms in total. The molecule has 1 aromatic carbocycles. The van der Waals surface area contributed by atoms with Crippen molar-refractivity contribution in [1.82, 2.24) is 0 Å². The zero-order valence-corrected chi connectivity index (χ0v) is 10.9. The van der Waals surface area contributed by atoms with Crippen molar-refractivity contribution in [3.8, 4) is 0 Å². The molecule has 0 aromatic heterocycles. The van der Waals surface area contributed by atoms with E-state index >= 15 is 0 Å². The minimum Gasteiger partial charge on any atom is -0.378 e. The molecule has 0 saturated carbocycles. The second kappa shape index (κ2) is 7.37. The number of carbonyl (C=O) groups excluding carboxylic acids is 1. The number of amides is 1. The molecule has 0 bridgehead atoms. The second-order valence-corrected chi connectivity index (χ2v) is 3.48. The first kappa shape index (κ1) is 16.0. The molecular weight excluding hydrogens is 263 g/mol. The molecular formula is C11H16Cl2N2O2. The number of hydrogen-bond acceptors (Lipinski definition) is 3. The van der Waals surface area contributed by atoms with E-state index in [1.807, 2.05) is 18.2 Å². The van der Waals surface area contributed by atoms with E-state index in [2.05, 4.69) is 4.90 Å². The van der Waals surface area contributed by atoms with Crippen LogP contribution in [0.25, 0.3) is 0 Å². The highest BCUT2D eigenvalue weighted by Gasteiger charge is 2.16. The lowest BCUT2D eigenvalue weighted by molar-refractivity contribution is 0.0998. The van der Waals surface area contributed by atoms with Gasteiger partial charge in [-0.3, -0.25) is 4.79 Å². The predicted octanol–water partition coefficient (Wildman–Crippen LogP) is 1.47. The number of hydrogen-bond donors (Lipinski definition) is 1. The van der Waals surface area contributed by atoms with Gasteiger partial charge in [-0.1, -0.05) is 12.1 Å². The predicted molar refractivity (Wildman–Crippen MR) is 72.5 cm³/mol. The smallest absolute Gasteiger partial charge is 0.250 e. The Hall–Kier alpha value is -0.970. The number of benzene rings is 1. The average molecular weight is 279 g/mol. The van der Waals surface area contributed by atoms with Gasteiger partial charge in [0.05, 0.1) is 18.8 Å². The summed E-state index contributed by atoms with van der Waals surface area (Å²) in [6.45, 7) is 3.02. The van der Waals surface area contributed by atoms with Crippen LogP contribution in [-0.2, 0) is 4.74 Å². The topological polar surface area (TPSA) is 55.6 Å². The van der Waals surface area contributed by atoms with Crippen LogP contribution < -0.4 is 10.6 Å². The molecule has 6 heteroatoms. The Kier molecular flexibility index (Phi) is 6.95. The summed E-state index contributed by atoms with van der Waals surface area (Å²) in [5.74, 6) is -0.378. The van der Waals surface area contributed by atoms with Gasteiger partial charge in [-0.15, -0.1) is 24.8 Å². The number of carbonyl (C=O) groups is 1. The molecule has 0 spiro atoms. The maximum absolute atomic E-state index is 11.2. The van der Waals surface area contributed by atoms with Crippen LogP contribution in [0.2, 0.25) is 0 Å². The van der Waals surface area contributed by atoms with E-state index in [0.29, 0.717) is 18.8 Å². The number of ether oxygens (including phenoxy) is 1. The first-order chi connectivity index (χ1) is 7.29. The van der Waals surface area contributed by atoms with Crippen molar-refractivity contribution >= 4 is 36.4 Å². The van der Waals surface area contributed by atoms with Gasteiger partial charge in [0.25, 0.3) is 5.91 Å². The number of primary amides is 1. The van der Waals surface area contributed by atoms with Gasteiger partial charge in [0, 0.05) is 18.8 Å². The molecule has 1 aliphatic rings. The molecule has 1 saturated heterocycles. The molecule has 2 N–H and O–H groups in total. The van der Waals surface area contributed by atoms with Gasteiger partial charge in [-0.05, 0) is 12.1 Å². The van der Waals surface area contributed by atoms with Gasteiger partial charge in [0.1, 0.15) is 0 Å². The fraction of sp³-hybridized carbons (Fsp3) is 0.364. The number of anilines is 1. The molecule has 1 amide bonds. The van der Waals surface area contributed by atoms with Crippen LogP contribution in [0.3, 0.4) is 0 Å². The monoisotopic (exact) mass is 278 g/mol. The number of nitrogens with two attached hydrogens (primary N) is 1. The van der Waals surface area contributed by atoms with Crippen LogP contribution in [0.15, 0.2) is 24.3 Å². The molecule has 1 fully saturated rings. The number of rotatable bonds is 2. The molecule has 17 heavy (non-hydrogen) atoms. The highest BCUT2D eigenvalue weighted by Crippen LogP contribution is 2.20. The van der Waals surface area contributed by atoms with Crippen molar-refractivity contribution in [3.63, 3.8) is 0 Å².